The monoisotopic (exact) mass is 319 g/mol. The van der Waals surface area contributed by atoms with E-state index in [0.717, 1.165) is 31.5 Å². The molecule has 0 unspecified atom stereocenters. The molecule has 5 nitrogen and oxygen atoms in total. The number of hydrogen-bond acceptors (Lipinski definition) is 3. The molecule has 1 N–H and O–H groups in total. The predicted octanol–water partition coefficient (Wildman–Crippen LogP) is 2.13. The molecule has 1 saturated heterocycles. The standard InChI is InChI=1S/C18H29N3O2/c1-12(2)8-15-10-14(11-17(22)19-15)18(23)21(5)16-6-7-20(4)13(3)9-16/h10-13,16H,6-9H2,1-5H3,(H,19,22)/t13-,16+/m1/s1. The number of pyridine rings is 1. The Bertz CT molecular complexity index is 609. The maximum atomic E-state index is 12.8. The molecule has 0 aromatic carbocycles. The zero-order valence-electron chi connectivity index (χ0n) is 14.9. The van der Waals surface area contributed by atoms with Crippen LogP contribution in [0.1, 0.15) is 49.7 Å². The maximum absolute atomic E-state index is 12.8. The van der Waals surface area contributed by atoms with E-state index in [1.165, 1.54) is 6.07 Å². The molecule has 1 aliphatic heterocycles. The Morgan fingerprint density at radius 1 is 1.43 bits per heavy atom. The fraction of sp³-hybridized carbons (Fsp3) is 0.667. The minimum absolute atomic E-state index is 0.0529. The number of hydrogen-bond donors (Lipinski definition) is 1. The fourth-order valence-electron chi connectivity index (χ4n) is 3.26. The number of nitrogens with zero attached hydrogens (tertiary/aromatic N) is 2. The van der Waals surface area contributed by atoms with E-state index in [1.807, 2.05) is 18.0 Å². The molecule has 2 atom stereocenters. The number of aromatic amines is 1. The lowest BCUT2D eigenvalue weighted by atomic mass is 9.97. The molecular weight excluding hydrogens is 290 g/mol. The van der Waals surface area contributed by atoms with Crippen LogP contribution in [-0.4, -0.2) is 53.4 Å². The van der Waals surface area contributed by atoms with E-state index in [-0.39, 0.29) is 17.5 Å². The van der Waals surface area contributed by atoms with Crippen molar-refractivity contribution < 1.29 is 4.79 Å². The van der Waals surface area contributed by atoms with Crippen LogP contribution in [-0.2, 0) is 6.42 Å². The molecule has 0 bridgehead atoms. The number of piperidine rings is 1. The number of carbonyl (C=O) groups excluding carboxylic acids is 1. The molecule has 1 aliphatic rings. The van der Waals surface area contributed by atoms with Crippen LogP contribution < -0.4 is 5.56 Å². The maximum Gasteiger partial charge on any atom is 0.254 e. The summed E-state index contributed by atoms with van der Waals surface area (Å²) in [6.07, 6.45) is 2.72. The Kier molecular flexibility index (Phi) is 5.63. The van der Waals surface area contributed by atoms with Crippen molar-refractivity contribution in [3.63, 3.8) is 0 Å². The van der Waals surface area contributed by atoms with Gasteiger partial charge < -0.3 is 14.8 Å². The molecule has 5 heteroatoms. The Morgan fingerprint density at radius 3 is 2.74 bits per heavy atom. The van der Waals surface area contributed by atoms with Gasteiger partial charge in [-0.1, -0.05) is 13.8 Å². The van der Waals surface area contributed by atoms with Crippen LogP contribution in [0.3, 0.4) is 0 Å². The third-order valence-corrected chi connectivity index (χ3v) is 4.82. The lowest BCUT2D eigenvalue weighted by Crippen LogP contribution is -2.48. The molecule has 1 amide bonds. The van der Waals surface area contributed by atoms with E-state index >= 15 is 0 Å². The second-order valence-corrected chi connectivity index (χ2v) is 7.28. The molecule has 2 rings (SSSR count). The summed E-state index contributed by atoms with van der Waals surface area (Å²) in [6.45, 7) is 7.38. The van der Waals surface area contributed by atoms with Gasteiger partial charge in [-0.2, -0.15) is 0 Å². The highest BCUT2D eigenvalue weighted by molar-refractivity contribution is 5.94. The molecule has 1 aromatic heterocycles. The average Bonchev–Trinajstić information content (AvgIpc) is 2.47. The Hall–Kier alpha value is -1.62. The van der Waals surface area contributed by atoms with Crippen LogP contribution in [0.2, 0.25) is 0 Å². The number of H-pyrrole nitrogens is 1. The minimum atomic E-state index is -0.198. The lowest BCUT2D eigenvalue weighted by molar-refractivity contribution is 0.0598. The van der Waals surface area contributed by atoms with Crippen LogP contribution in [0.5, 0.6) is 0 Å². The van der Waals surface area contributed by atoms with Crippen LogP contribution in [0, 0.1) is 5.92 Å². The highest BCUT2D eigenvalue weighted by Crippen LogP contribution is 2.21. The molecule has 2 heterocycles. The average molecular weight is 319 g/mol. The summed E-state index contributed by atoms with van der Waals surface area (Å²) >= 11 is 0. The Balaban J connectivity index is 2.16. The molecular formula is C18H29N3O2. The molecule has 0 saturated carbocycles. The highest BCUT2D eigenvalue weighted by atomic mass is 16.2. The summed E-state index contributed by atoms with van der Waals surface area (Å²) in [7, 11) is 3.98. The summed E-state index contributed by atoms with van der Waals surface area (Å²) in [5, 5.41) is 0. The van der Waals surface area contributed by atoms with Gasteiger partial charge in [0.05, 0.1) is 0 Å². The van der Waals surface area contributed by atoms with Crippen LogP contribution >= 0.6 is 0 Å². The minimum Gasteiger partial charge on any atom is -0.339 e. The van der Waals surface area contributed by atoms with Crippen LogP contribution in [0.25, 0.3) is 0 Å². The second-order valence-electron chi connectivity index (χ2n) is 7.28. The zero-order chi connectivity index (χ0) is 17.1. The van der Waals surface area contributed by atoms with Gasteiger partial charge in [0.15, 0.2) is 0 Å². The predicted molar refractivity (Wildman–Crippen MR) is 92.8 cm³/mol. The number of amides is 1. The molecule has 23 heavy (non-hydrogen) atoms. The van der Waals surface area contributed by atoms with E-state index in [0.29, 0.717) is 17.5 Å². The van der Waals surface area contributed by atoms with Gasteiger partial charge in [-0.15, -0.1) is 0 Å². The quantitative estimate of drug-likeness (QED) is 0.925. The smallest absolute Gasteiger partial charge is 0.254 e. The first-order chi connectivity index (χ1) is 10.8. The highest BCUT2D eigenvalue weighted by Gasteiger charge is 2.28. The van der Waals surface area contributed by atoms with Gasteiger partial charge in [0.2, 0.25) is 5.56 Å². The molecule has 1 fully saturated rings. The first kappa shape index (κ1) is 17.7. The van der Waals surface area contributed by atoms with Crippen LogP contribution in [0.4, 0.5) is 0 Å². The first-order valence-electron chi connectivity index (χ1n) is 8.48. The van der Waals surface area contributed by atoms with Gasteiger partial charge in [-0.05, 0) is 45.2 Å². The molecule has 1 aromatic rings. The number of aromatic nitrogens is 1. The van der Waals surface area contributed by atoms with Gasteiger partial charge in [0.1, 0.15) is 0 Å². The zero-order valence-corrected chi connectivity index (χ0v) is 14.9. The van der Waals surface area contributed by atoms with Gasteiger partial charge in [0.25, 0.3) is 5.91 Å². The Morgan fingerprint density at radius 2 is 2.13 bits per heavy atom. The first-order valence-corrected chi connectivity index (χ1v) is 8.48. The lowest BCUT2D eigenvalue weighted by Gasteiger charge is -2.39. The van der Waals surface area contributed by atoms with E-state index in [1.54, 1.807) is 0 Å². The number of carbonyl (C=O) groups is 1. The summed E-state index contributed by atoms with van der Waals surface area (Å²) < 4.78 is 0. The summed E-state index contributed by atoms with van der Waals surface area (Å²) in [6, 6.07) is 3.96. The van der Waals surface area contributed by atoms with Crippen molar-refractivity contribution in [2.75, 3.05) is 20.6 Å². The topological polar surface area (TPSA) is 56.4 Å². The van der Waals surface area contributed by atoms with Crippen molar-refractivity contribution in [3.8, 4) is 0 Å². The second kappa shape index (κ2) is 7.30. The van der Waals surface area contributed by atoms with E-state index in [4.69, 9.17) is 0 Å². The van der Waals surface area contributed by atoms with Crippen molar-refractivity contribution in [3.05, 3.63) is 33.7 Å². The molecule has 128 valence electrons. The van der Waals surface area contributed by atoms with Crippen molar-refractivity contribution in [1.82, 2.24) is 14.8 Å². The van der Waals surface area contributed by atoms with Crippen molar-refractivity contribution in [1.29, 1.82) is 0 Å². The summed E-state index contributed by atoms with van der Waals surface area (Å²) in [5.41, 5.74) is 1.14. The molecule has 0 aliphatic carbocycles. The summed E-state index contributed by atoms with van der Waals surface area (Å²) in [5.74, 6) is 0.381. The van der Waals surface area contributed by atoms with Crippen molar-refractivity contribution in [2.24, 2.45) is 5.92 Å². The van der Waals surface area contributed by atoms with E-state index in [9.17, 15) is 9.59 Å². The normalized spacial score (nSPS) is 22.3. The van der Waals surface area contributed by atoms with E-state index in [2.05, 4.69) is 37.7 Å². The number of likely N-dealkylation sites (tertiary alicyclic amines) is 1. The van der Waals surface area contributed by atoms with Gasteiger partial charge in [-0.3, -0.25) is 9.59 Å². The number of nitrogens with one attached hydrogen (secondary N) is 1. The fourth-order valence-corrected chi connectivity index (χ4v) is 3.26. The largest absolute Gasteiger partial charge is 0.339 e. The van der Waals surface area contributed by atoms with Gasteiger partial charge >= 0.3 is 0 Å². The van der Waals surface area contributed by atoms with Gasteiger partial charge in [0, 0.05) is 43.0 Å². The van der Waals surface area contributed by atoms with Gasteiger partial charge in [-0.25, -0.2) is 0 Å². The van der Waals surface area contributed by atoms with E-state index < -0.39 is 0 Å². The van der Waals surface area contributed by atoms with Crippen LogP contribution in [0.15, 0.2) is 16.9 Å². The third kappa shape index (κ3) is 4.44. The van der Waals surface area contributed by atoms with Crippen molar-refractivity contribution >= 4 is 5.91 Å². The van der Waals surface area contributed by atoms with Crippen molar-refractivity contribution in [2.45, 2.75) is 52.1 Å². The summed E-state index contributed by atoms with van der Waals surface area (Å²) in [4.78, 5) is 31.6. The SMILES string of the molecule is CC(C)Cc1cc(C(=O)N(C)[C@H]2CCN(C)[C@H](C)C2)cc(=O)[nH]1. The molecule has 0 spiro atoms. The third-order valence-electron chi connectivity index (χ3n) is 4.82. The Labute approximate surface area is 138 Å². The number of rotatable bonds is 4. The molecule has 0 radical (unpaired) electrons.